The predicted octanol–water partition coefficient (Wildman–Crippen LogP) is 3.72. The summed E-state index contributed by atoms with van der Waals surface area (Å²) in [6, 6.07) is 13.7. The first-order valence-electron chi connectivity index (χ1n) is 7.88. The quantitative estimate of drug-likeness (QED) is 0.761. The summed E-state index contributed by atoms with van der Waals surface area (Å²) >= 11 is 0. The van der Waals surface area contributed by atoms with E-state index in [4.69, 9.17) is 0 Å². The number of nitrogens with one attached hydrogen (secondary N) is 1. The zero-order chi connectivity index (χ0) is 19.6. The van der Waals surface area contributed by atoms with E-state index in [9.17, 15) is 22.8 Å². The summed E-state index contributed by atoms with van der Waals surface area (Å²) in [7, 11) is 1.50. The topological polar surface area (TPSA) is 64.0 Å². The molecule has 0 saturated carbocycles. The summed E-state index contributed by atoms with van der Waals surface area (Å²) in [6.45, 7) is 0. The Labute approximate surface area is 152 Å². The van der Waals surface area contributed by atoms with Crippen LogP contribution in [0.2, 0.25) is 0 Å². The second-order valence-corrected chi connectivity index (χ2v) is 5.76. The number of para-hydroxylation sites is 1. The number of aryl methyl sites for hydroxylation is 1. The highest BCUT2D eigenvalue weighted by Gasteiger charge is 2.30. The lowest BCUT2D eigenvalue weighted by molar-refractivity contribution is -0.137. The highest BCUT2D eigenvalue weighted by molar-refractivity contribution is 6.06. The molecular formula is C19H14F3N3O2. The number of nitrogens with zero attached hydrogens (tertiary/aromatic N) is 2. The molecule has 2 aromatic carbocycles. The number of aromatic nitrogens is 2. The van der Waals surface area contributed by atoms with Gasteiger partial charge in [-0.05, 0) is 30.3 Å². The molecule has 0 saturated heterocycles. The lowest BCUT2D eigenvalue weighted by Gasteiger charge is -2.12. The van der Waals surface area contributed by atoms with Crippen LogP contribution in [0.15, 0.2) is 65.5 Å². The maximum atomic E-state index is 12.8. The number of alkyl halides is 3. The Bertz CT molecular complexity index is 1060. The van der Waals surface area contributed by atoms with E-state index < -0.39 is 17.6 Å². The monoisotopic (exact) mass is 373 g/mol. The molecule has 0 atom stereocenters. The number of amides is 1. The number of hydrogen-bond acceptors (Lipinski definition) is 3. The Kier molecular flexibility index (Phi) is 4.81. The van der Waals surface area contributed by atoms with Crippen molar-refractivity contribution in [2.75, 3.05) is 5.32 Å². The summed E-state index contributed by atoms with van der Waals surface area (Å²) in [6.07, 6.45) is -4.53. The zero-order valence-corrected chi connectivity index (χ0v) is 14.1. The third kappa shape index (κ3) is 4.05. The van der Waals surface area contributed by atoms with Crippen molar-refractivity contribution in [3.8, 4) is 11.3 Å². The molecule has 0 aliphatic rings. The first kappa shape index (κ1) is 18.4. The summed E-state index contributed by atoms with van der Waals surface area (Å²) in [5, 5.41) is 6.74. The Balaban J connectivity index is 1.94. The maximum Gasteiger partial charge on any atom is 0.416 e. The van der Waals surface area contributed by atoms with Crippen molar-refractivity contribution < 1.29 is 18.0 Å². The van der Waals surface area contributed by atoms with Crippen LogP contribution in [-0.2, 0) is 13.2 Å². The van der Waals surface area contributed by atoms with E-state index in [0.717, 1.165) is 16.8 Å². The molecule has 138 valence electrons. The second kappa shape index (κ2) is 7.06. The summed E-state index contributed by atoms with van der Waals surface area (Å²) in [4.78, 5) is 23.9. The molecule has 3 aromatic rings. The average Bonchev–Trinajstić information content (AvgIpc) is 2.64. The number of rotatable bonds is 3. The second-order valence-electron chi connectivity index (χ2n) is 5.76. The fourth-order valence-corrected chi connectivity index (χ4v) is 2.49. The van der Waals surface area contributed by atoms with Crippen molar-refractivity contribution in [2.24, 2.45) is 7.05 Å². The number of halogens is 3. The number of anilines is 1. The molecule has 27 heavy (non-hydrogen) atoms. The molecule has 1 amide bonds. The number of hydrogen-bond donors (Lipinski definition) is 1. The molecule has 0 unspecified atom stereocenters. The molecule has 3 rings (SSSR count). The van der Waals surface area contributed by atoms with E-state index >= 15 is 0 Å². The third-order valence-electron chi connectivity index (χ3n) is 3.86. The Morgan fingerprint density at radius 3 is 2.48 bits per heavy atom. The van der Waals surface area contributed by atoms with E-state index in [-0.39, 0.29) is 11.1 Å². The molecule has 1 aromatic heterocycles. The minimum absolute atomic E-state index is 0.118. The van der Waals surface area contributed by atoms with E-state index in [0.29, 0.717) is 16.9 Å². The van der Waals surface area contributed by atoms with Gasteiger partial charge in [0, 0.05) is 24.2 Å². The lowest BCUT2D eigenvalue weighted by Crippen LogP contribution is -2.19. The van der Waals surface area contributed by atoms with Gasteiger partial charge in [-0.2, -0.15) is 18.3 Å². The SMILES string of the molecule is Cn1nc(-c2ccccc2NC(=O)c2cccc(C(F)(F)F)c2)ccc1=O. The van der Waals surface area contributed by atoms with Crippen molar-refractivity contribution >= 4 is 11.6 Å². The van der Waals surface area contributed by atoms with Crippen LogP contribution in [0.4, 0.5) is 18.9 Å². The van der Waals surface area contributed by atoms with E-state index in [1.54, 1.807) is 24.3 Å². The maximum absolute atomic E-state index is 12.8. The normalized spacial score (nSPS) is 11.3. The molecule has 0 fully saturated rings. The van der Waals surface area contributed by atoms with Gasteiger partial charge in [0.2, 0.25) is 0 Å². The Hall–Kier alpha value is -3.42. The summed E-state index contributed by atoms with van der Waals surface area (Å²) in [5.41, 5.74) is 0.0389. The Morgan fingerprint density at radius 1 is 1.04 bits per heavy atom. The van der Waals surface area contributed by atoms with E-state index in [2.05, 4.69) is 10.4 Å². The van der Waals surface area contributed by atoms with E-state index in [1.807, 2.05) is 0 Å². The minimum atomic E-state index is -4.53. The Morgan fingerprint density at radius 2 is 1.78 bits per heavy atom. The molecule has 0 spiro atoms. The standard InChI is InChI=1S/C19H14F3N3O2/c1-25-17(26)10-9-16(24-25)14-7-2-3-8-15(14)23-18(27)12-5-4-6-13(11-12)19(20,21)22/h2-11H,1H3,(H,23,27). The van der Waals surface area contributed by atoms with Crippen molar-refractivity contribution in [3.63, 3.8) is 0 Å². The lowest BCUT2D eigenvalue weighted by atomic mass is 10.1. The van der Waals surface area contributed by atoms with Gasteiger partial charge in [-0.3, -0.25) is 9.59 Å². The van der Waals surface area contributed by atoms with Gasteiger partial charge in [0.05, 0.1) is 16.9 Å². The number of carbonyl (C=O) groups excluding carboxylic acids is 1. The predicted molar refractivity (Wildman–Crippen MR) is 94.3 cm³/mol. The fraction of sp³-hybridized carbons (Fsp3) is 0.105. The van der Waals surface area contributed by atoms with Crippen LogP contribution in [0.25, 0.3) is 11.3 Å². The molecule has 0 aliphatic carbocycles. The van der Waals surface area contributed by atoms with Crippen molar-refractivity contribution in [1.82, 2.24) is 9.78 Å². The van der Waals surface area contributed by atoms with E-state index in [1.165, 1.54) is 31.3 Å². The first-order chi connectivity index (χ1) is 12.8. The van der Waals surface area contributed by atoms with Crippen molar-refractivity contribution in [1.29, 1.82) is 0 Å². The summed E-state index contributed by atoms with van der Waals surface area (Å²) in [5.74, 6) is -0.682. The van der Waals surface area contributed by atoms with Crippen molar-refractivity contribution in [3.05, 3.63) is 82.1 Å². The minimum Gasteiger partial charge on any atom is -0.321 e. The molecule has 1 N–H and O–H groups in total. The molecule has 0 radical (unpaired) electrons. The summed E-state index contributed by atoms with van der Waals surface area (Å²) < 4.78 is 39.7. The van der Waals surface area contributed by atoms with Crippen LogP contribution in [0.3, 0.4) is 0 Å². The molecule has 0 aliphatic heterocycles. The van der Waals surface area contributed by atoms with Gasteiger partial charge in [-0.1, -0.05) is 24.3 Å². The molecule has 5 nitrogen and oxygen atoms in total. The average molecular weight is 373 g/mol. The largest absolute Gasteiger partial charge is 0.416 e. The van der Waals surface area contributed by atoms with Gasteiger partial charge >= 0.3 is 6.18 Å². The molecule has 8 heteroatoms. The van der Waals surface area contributed by atoms with Crippen molar-refractivity contribution in [2.45, 2.75) is 6.18 Å². The third-order valence-corrected chi connectivity index (χ3v) is 3.86. The van der Waals surface area contributed by atoms with Gasteiger partial charge in [0.25, 0.3) is 11.5 Å². The van der Waals surface area contributed by atoms with Crippen LogP contribution < -0.4 is 10.9 Å². The van der Waals surface area contributed by atoms with Gasteiger partial charge < -0.3 is 5.32 Å². The highest BCUT2D eigenvalue weighted by atomic mass is 19.4. The van der Waals surface area contributed by atoms with Crippen LogP contribution in [0.1, 0.15) is 15.9 Å². The fourth-order valence-electron chi connectivity index (χ4n) is 2.49. The van der Waals surface area contributed by atoms with Crippen LogP contribution in [0, 0.1) is 0 Å². The highest BCUT2D eigenvalue weighted by Crippen LogP contribution is 2.30. The molecular weight excluding hydrogens is 359 g/mol. The first-order valence-corrected chi connectivity index (χ1v) is 7.88. The number of carbonyl (C=O) groups is 1. The van der Waals surface area contributed by atoms with Crippen LogP contribution in [-0.4, -0.2) is 15.7 Å². The van der Waals surface area contributed by atoms with Gasteiger partial charge in [0.15, 0.2) is 0 Å². The number of benzene rings is 2. The zero-order valence-electron chi connectivity index (χ0n) is 14.1. The smallest absolute Gasteiger partial charge is 0.321 e. The molecule has 0 bridgehead atoms. The van der Waals surface area contributed by atoms with Crippen LogP contribution in [0.5, 0.6) is 0 Å². The van der Waals surface area contributed by atoms with Crippen LogP contribution >= 0.6 is 0 Å². The van der Waals surface area contributed by atoms with Gasteiger partial charge in [-0.25, -0.2) is 4.68 Å². The van der Waals surface area contributed by atoms with Gasteiger partial charge in [-0.15, -0.1) is 0 Å². The molecule has 1 heterocycles. The van der Waals surface area contributed by atoms with Gasteiger partial charge in [0.1, 0.15) is 0 Å².